The lowest BCUT2D eigenvalue weighted by Gasteiger charge is -2.36. The Morgan fingerprint density at radius 1 is 1.38 bits per heavy atom. The summed E-state index contributed by atoms with van der Waals surface area (Å²) in [5, 5.41) is 10.4. The maximum atomic E-state index is 13.6. The number of ether oxygens (including phenoxy) is 1. The first-order valence-electron chi connectivity index (χ1n) is 10.8. The van der Waals surface area contributed by atoms with Crippen LogP contribution in [0.2, 0.25) is 0 Å². The van der Waals surface area contributed by atoms with Gasteiger partial charge >= 0.3 is 0 Å². The van der Waals surface area contributed by atoms with Gasteiger partial charge in [-0.1, -0.05) is 13.8 Å². The van der Waals surface area contributed by atoms with E-state index in [0.29, 0.717) is 29.7 Å². The van der Waals surface area contributed by atoms with Gasteiger partial charge in [-0.15, -0.1) is 0 Å². The van der Waals surface area contributed by atoms with E-state index in [1.54, 1.807) is 17.1 Å². The Morgan fingerprint density at radius 2 is 2.16 bits per heavy atom. The molecule has 2 unspecified atom stereocenters. The van der Waals surface area contributed by atoms with E-state index in [2.05, 4.69) is 25.7 Å². The zero-order valence-electron chi connectivity index (χ0n) is 18.7. The van der Waals surface area contributed by atoms with E-state index in [-0.39, 0.29) is 43.9 Å². The SMILES string of the molecule is Cc1nc(NCc2cnn(CC3CC(F)(F)CCO3)c2)nc2c1NC(=O)C(C(C)C)N2C. The summed E-state index contributed by atoms with van der Waals surface area (Å²) < 4.78 is 34.2. The van der Waals surface area contributed by atoms with Gasteiger partial charge in [0.15, 0.2) is 5.82 Å². The number of hydrogen-bond donors (Lipinski definition) is 2. The van der Waals surface area contributed by atoms with Crippen molar-refractivity contribution in [3.05, 3.63) is 23.7 Å². The number of rotatable bonds is 6. The molecule has 0 spiro atoms. The Morgan fingerprint density at radius 3 is 2.88 bits per heavy atom. The van der Waals surface area contributed by atoms with Crippen LogP contribution in [0.1, 0.15) is 37.9 Å². The van der Waals surface area contributed by atoms with Crippen molar-refractivity contribution in [1.82, 2.24) is 19.7 Å². The molecule has 4 heterocycles. The van der Waals surface area contributed by atoms with Gasteiger partial charge in [0.2, 0.25) is 11.9 Å². The number of nitrogens with zero attached hydrogens (tertiary/aromatic N) is 5. The second-order valence-electron chi connectivity index (χ2n) is 8.85. The van der Waals surface area contributed by atoms with Gasteiger partial charge in [-0.2, -0.15) is 10.1 Å². The van der Waals surface area contributed by atoms with Gasteiger partial charge in [0.1, 0.15) is 11.7 Å². The highest BCUT2D eigenvalue weighted by molar-refractivity contribution is 6.03. The minimum Gasteiger partial charge on any atom is -0.376 e. The Kier molecular flexibility index (Phi) is 6.02. The molecule has 32 heavy (non-hydrogen) atoms. The first-order valence-corrected chi connectivity index (χ1v) is 10.8. The summed E-state index contributed by atoms with van der Waals surface area (Å²) in [5.74, 6) is -1.50. The molecule has 0 bridgehead atoms. The van der Waals surface area contributed by atoms with Crippen LogP contribution in [-0.4, -0.2) is 57.4 Å². The zero-order chi connectivity index (χ0) is 23.0. The van der Waals surface area contributed by atoms with Crippen molar-refractivity contribution < 1.29 is 18.3 Å². The highest BCUT2D eigenvalue weighted by atomic mass is 19.3. The number of alkyl halides is 2. The van der Waals surface area contributed by atoms with Crippen molar-refractivity contribution in [2.45, 2.75) is 64.8 Å². The number of anilines is 3. The summed E-state index contributed by atoms with van der Waals surface area (Å²) in [6.07, 6.45) is 2.42. The van der Waals surface area contributed by atoms with Crippen molar-refractivity contribution in [1.29, 1.82) is 0 Å². The molecule has 0 saturated carbocycles. The Balaban J connectivity index is 1.42. The molecule has 174 valence electrons. The molecule has 2 aliphatic rings. The molecule has 2 aromatic heterocycles. The van der Waals surface area contributed by atoms with E-state index in [1.807, 2.05) is 32.7 Å². The lowest BCUT2D eigenvalue weighted by molar-refractivity contribution is -0.131. The van der Waals surface area contributed by atoms with Crippen LogP contribution in [-0.2, 0) is 22.6 Å². The molecular weight excluding hydrogens is 420 g/mol. The largest absolute Gasteiger partial charge is 0.376 e. The van der Waals surface area contributed by atoms with Crippen LogP contribution in [0.3, 0.4) is 0 Å². The average molecular weight is 450 g/mol. The molecule has 1 fully saturated rings. The number of aryl methyl sites for hydroxylation is 1. The molecule has 2 atom stereocenters. The monoisotopic (exact) mass is 449 g/mol. The summed E-state index contributed by atoms with van der Waals surface area (Å²) in [4.78, 5) is 23.4. The van der Waals surface area contributed by atoms with Crippen LogP contribution in [0.5, 0.6) is 0 Å². The average Bonchev–Trinajstić information content (AvgIpc) is 3.13. The molecular formula is C21H29F2N7O2. The van der Waals surface area contributed by atoms with Crippen LogP contribution in [0, 0.1) is 12.8 Å². The lowest BCUT2D eigenvalue weighted by atomic mass is 9.99. The maximum Gasteiger partial charge on any atom is 0.252 e. The number of fused-ring (bicyclic) bond motifs is 1. The van der Waals surface area contributed by atoms with Crippen molar-refractivity contribution in [3.63, 3.8) is 0 Å². The van der Waals surface area contributed by atoms with Crippen LogP contribution in [0.25, 0.3) is 0 Å². The molecule has 2 aliphatic heterocycles. The van der Waals surface area contributed by atoms with Gasteiger partial charge in [-0.05, 0) is 12.8 Å². The van der Waals surface area contributed by atoms with E-state index >= 15 is 0 Å². The van der Waals surface area contributed by atoms with Crippen LogP contribution in [0.4, 0.5) is 26.2 Å². The second kappa shape index (κ2) is 8.61. The highest BCUT2D eigenvalue weighted by Crippen LogP contribution is 2.34. The summed E-state index contributed by atoms with van der Waals surface area (Å²) in [6, 6.07) is -0.308. The van der Waals surface area contributed by atoms with Gasteiger partial charge in [0, 0.05) is 38.2 Å². The second-order valence-corrected chi connectivity index (χ2v) is 8.85. The quantitative estimate of drug-likeness (QED) is 0.700. The van der Waals surface area contributed by atoms with Crippen LogP contribution >= 0.6 is 0 Å². The third kappa shape index (κ3) is 4.67. The first kappa shape index (κ1) is 22.4. The minimum absolute atomic E-state index is 0.0606. The Hall–Kier alpha value is -2.82. The van der Waals surface area contributed by atoms with Crippen molar-refractivity contribution >= 4 is 23.4 Å². The third-order valence-electron chi connectivity index (χ3n) is 5.85. The summed E-state index contributed by atoms with van der Waals surface area (Å²) in [5.41, 5.74) is 2.16. The van der Waals surface area contributed by atoms with Crippen molar-refractivity contribution in [2.75, 3.05) is 29.2 Å². The van der Waals surface area contributed by atoms with Gasteiger partial charge in [-0.25, -0.2) is 13.8 Å². The predicted octanol–water partition coefficient (Wildman–Crippen LogP) is 2.82. The molecule has 2 aromatic rings. The van der Waals surface area contributed by atoms with E-state index in [9.17, 15) is 13.6 Å². The molecule has 0 aliphatic carbocycles. The summed E-state index contributed by atoms with van der Waals surface area (Å²) in [6.45, 7) is 6.59. The number of carbonyl (C=O) groups excluding carboxylic acids is 1. The Labute approximate surface area is 185 Å². The lowest BCUT2D eigenvalue weighted by Crippen LogP contribution is -2.49. The van der Waals surface area contributed by atoms with Crippen molar-refractivity contribution in [3.8, 4) is 0 Å². The number of nitrogens with one attached hydrogen (secondary N) is 2. The van der Waals surface area contributed by atoms with Gasteiger partial charge in [-0.3, -0.25) is 9.48 Å². The van der Waals surface area contributed by atoms with E-state index < -0.39 is 12.0 Å². The number of hydrogen-bond acceptors (Lipinski definition) is 7. The number of carbonyl (C=O) groups is 1. The number of likely N-dealkylation sites (N-methyl/N-ethyl adjacent to an activating group) is 1. The highest BCUT2D eigenvalue weighted by Gasteiger charge is 2.37. The van der Waals surface area contributed by atoms with Crippen LogP contribution in [0.15, 0.2) is 12.4 Å². The first-order chi connectivity index (χ1) is 15.1. The molecule has 9 nitrogen and oxygen atoms in total. The number of aromatic nitrogens is 4. The topological polar surface area (TPSA) is 97.2 Å². The molecule has 0 radical (unpaired) electrons. The normalized spacial score (nSPS) is 22.6. The molecule has 1 amide bonds. The van der Waals surface area contributed by atoms with E-state index in [0.717, 1.165) is 5.56 Å². The fourth-order valence-electron chi connectivity index (χ4n) is 4.27. The number of amides is 1. The van der Waals surface area contributed by atoms with E-state index in [1.165, 1.54) is 0 Å². The molecule has 2 N–H and O–H groups in total. The van der Waals surface area contributed by atoms with Gasteiger partial charge in [0.25, 0.3) is 5.92 Å². The molecule has 0 aromatic carbocycles. The standard InChI is InChI=1S/C21H29F2N7O2/c1-12(2)17-19(31)27-16-13(3)26-20(28-18(16)29(17)4)24-8-14-9-25-30(10-14)11-15-7-21(22,23)5-6-32-15/h9-10,12,15,17H,5-8,11H2,1-4H3,(H,27,31)(H,24,26,28). The zero-order valence-corrected chi connectivity index (χ0v) is 18.7. The van der Waals surface area contributed by atoms with Gasteiger partial charge < -0.3 is 20.3 Å². The maximum absolute atomic E-state index is 13.6. The van der Waals surface area contributed by atoms with E-state index in [4.69, 9.17) is 4.74 Å². The summed E-state index contributed by atoms with van der Waals surface area (Å²) in [7, 11) is 1.86. The predicted molar refractivity (Wildman–Crippen MR) is 116 cm³/mol. The Bertz CT molecular complexity index is 995. The van der Waals surface area contributed by atoms with Crippen LogP contribution < -0.4 is 15.5 Å². The fraction of sp³-hybridized carbons (Fsp3) is 0.619. The molecule has 1 saturated heterocycles. The van der Waals surface area contributed by atoms with Crippen molar-refractivity contribution in [2.24, 2.45) is 5.92 Å². The summed E-state index contributed by atoms with van der Waals surface area (Å²) >= 11 is 0. The third-order valence-corrected chi connectivity index (χ3v) is 5.85. The fourth-order valence-corrected chi connectivity index (χ4v) is 4.27. The number of halogens is 2. The minimum atomic E-state index is -2.68. The molecule has 4 rings (SSSR count). The molecule has 11 heteroatoms. The van der Waals surface area contributed by atoms with Gasteiger partial charge in [0.05, 0.1) is 31.1 Å². The smallest absolute Gasteiger partial charge is 0.252 e.